The molecule has 3 atom stereocenters. The zero-order chi connectivity index (χ0) is 14.6. The fourth-order valence-electron chi connectivity index (χ4n) is 2.26. The maximum Gasteiger partial charge on any atom is 0.326 e. The predicted octanol–water partition coefficient (Wildman–Crippen LogP) is -0.411. The molecule has 1 amide bonds. The Morgan fingerprint density at radius 2 is 2.00 bits per heavy atom. The second-order valence-corrected chi connectivity index (χ2v) is 4.60. The van der Waals surface area contributed by atoms with Crippen LogP contribution in [0.3, 0.4) is 0 Å². The van der Waals surface area contributed by atoms with Crippen LogP contribution in [0.1, 0.15) is 19.8 Å². The third kappa shape index (κ3) is 3.22. The molecule has 8 nitrogen and oxygen atoms in total. The first-order valence-corrected chi connectivity index (χ1v) is 6.31. The molecule has 0 spiro atoms. The molecule has 1 unspecified atom stereocenters. The topological polar surface area (TPSA) is 116 Å². The molecule has 0 aromatic rings. The van der Waals surface area contributed by atoms with E-state index >= 15 is 0 Å². The lowest BCUT2D eigenvalue weighted by molar-refractivity contribution is -0.150. The van der Waals surface area contributed by atoms with E-state index < -0.39 is 35.8 Å². The summed E-state index contributed by atoms with van der Waals surface area (Å²) in [5.74, 6) is -2.05. The van der Waals surface area contributed by atoms with E-state index in [9.17, 15) is 19.3 Å². The molecule has 0 aromatic heterocycles. The Labute approximate surface area is 114 Å². The molecule has 19 heavy (non-hydrogen) atoms. The van der Waals surface area contributed by atoms with E-state index in [1.165, 1.54) is 6.92 Å². The lowest BCUT2D eigenvalue weighted by atomic mass is 10.0. The number of carboxylic acid groups (broad SMARTS) is 1. The van der Waals surface area contributed by atoms with Crippen molar-refractivity contribution in [2.24, 2.45) is 5.29 Å². The number of thiol groups is 1. The summed E-state index contributed by atoms with van der Waals surface area (Å²) in [5.41, 5.74) is 2.07. The van der Waals surface area contributed by atoms with Gasteiger partial charge in [0.15, 0.2) is 5.78 Å². The van der Waals surface area contributed by atoms with Crippen LogP contribution in [0.25, 0.3) is 0 Å². The average Bonchev–Trinajstić information content (AvgIpc) is 2.79. The number of amides is 1. The average molecular weight is 289 g/mol. The third-order valence-corrected chi connectivity index (χ3v) is 3.46. The van der Waals surface area contributed by atoms with Gasteiger partial charge in [0, 0.05) is 12.7 Å². The number of nitrogens with zero attached hydrogens (tertiary/aromatic N) is 2. The monoisotopic (exact) mass is 289 g/mol. The normalized spacial score (nSPS) is 23.8. The summed E-state index contributed by atoms with van der Waals surface area (Å²) in [4.78, 5) is 45.9. The third-order valence-electron chi connectivity index (χ3n) is 3.10. The van der Waals surface area contributed by atoms with Gasteiger partial charge < -0.3 is 10.0 Å². The van der Waals surface area contributed by atoms with Gasteiger partial charge in [-0.1, -0.05) is 0 Å². The van der Waals surface area contributed by atoms with E-state index in [2.05, 4.69) is 23.3 Å². The van der Waals surface area contributed by atoms with Gasteiger partial charge in [-0.15, -0.1) is 4.91 Å². The number of nitroso groups, excluding NO2 is 1. The molecular formula is C10H15N3O5S. The van der Waals surface area contributed by atoms with Crippen LogP contribution in [0.15, 0.2) is 5.29 Å². The lowest BCUT2D eigenvalue weighted by Gasteiger charge is -2.27. The van der Waals surface area contributed by atoms with Crippen molar-refractivity contribution in [3.63, 3.8) is 0 Å². The number of carboxylic acids is 1. The number of rotatable bonds is 6. The van der Waals surface area contributed by atoms with Gasteiger partial charge in [-0.2, -0.15) is 12.6 Å². The van der Waals surface area contributed by atoms with Gasteiger partial charge in [0.05, 0.1) is 11.3 Å². The van der Waals surface area contributed by atoms with Crippen molar-refractivity contribution in [3.05, 3.63) is 4.91 Å². The van der Waals surface area contributed by atoms with Crippen LogP contribution in [0.4, 0.5) is 0 Å². The zero-order valence-corrected chi connectivity index (χ0v) is 11.2. The summed E-state index contributed by atoms with van der Waals surface area (Å²) in [6.45, 7) is 1.21. The number of Topliss-reactive ketones (excluding diaryl/α,β-unsaturated/α-hetero) is 1. The summed E-state index contributed by atoms with van der Waals surface area (Å²) in [6.07, 6.45) is 0.458. The Morgan fingerprint density at radius 3 is 2.42 bits per heavy atom. The largest absolute Gasteiger partial charge is 0.480 e. The second-order valence-electron chi connectivity index (χ2n) is 4.23. The first-order chi connectivity index (χ1) is 8.93. The molecular weight excluding hydrogens is 274 g/mol. The Balaban J connectivity index is 2.92. The van der Waals surface area contributed by atoms with Gasteiger partial charge in [0.2, 0.25) is 5.91 Å². The molecule has 2 N–H and O–H groups in total. The van der Waals surface area contributed by atoms with Crippen molar-refractivity contribution >= 4 is 30.3 Å². The van der Waals surface area contributed by atoms with Crippen LogP contribution in [-0.4, -0.2) is 51.5 Å². The SMILES string of the molecule is CC(=O)N1C(C(=O)[C@H](CS)NN=O)CC[C@H]1C(=O)O. The highest BCUT2D eigenvalue weighted by Crippen LogP contribution is 2.26. The van der Waals surface area contributed by atoms with Crippen molar-refractivity contribution < 1.29 is 19.5 Å². The van der Waals surface area contributed by atoms with E-state index in [4.69, 9.17) is 5.11 Å². The minimum atomic E-state index is -1.14. The Morgan fingerprint density at radius 1 is 1.42 bits per heavy atom. The standard InChI is InChI=1S/C10H15N3O5S/c1-5(14)13-7(2-3-8(13)10(16)17)9(15)6(4-19)11-12-18/h6-8,19H,2-4H2,1H3,(H,11,18)(H,16,17)/t6-,7?,8-/m0/s1. The lowest BCUT2D eigenvalue weighted by Crippen LogP contribution is -2.52. The molecule has 0 aromatic carbocycles. The molecule has 1 heterocycles. The first kappa shape index (κ1) is 15.4. The molecule has 1 aliphatic rings. The maximum atomic E-state index is 12.2. The summed E-state index contributed by atoms with van der Waals surface area (Å²) >= 11 is 3.92. The number of aliphatic carboxylic acids is 1. The highest BCUT2D eigenvalue weighted by molar-refractivity contribution is 7.80. The number of hydrogen-bond acceptors (Lipinski definition) is 6. The summed E-state index contributed by atoms with van der Waals surface area (Å²) < 4.78 is 0. The molecule has 1 saturated heterocycles. The van der Waals surface area contributed by atoms with Crippen molar-refractivity contribution in [2.45, 2.75) is 37.9 Å². The summed E-state index contributed by atoms with van der Waals surface area (Å²) in [5, 5.41) is 11.5. The fraction of sp³-hybridized carbons (Fsp3) is 0.700. The van der Waals surface area contributed by atoms with Crippen molar-refractivity contribution in [3.8, 4) is 0 Å². The van der Waals surface area contributed by atoms with E-state index in [0.29, 0.717) is 0 Å². The molecule has 0 saturated carbocycles. The van der Waals surface area contributed by atoms with Crippen LogP contribution in [0, 0.1) is 4.91 Å². The predicted molar refractivity (Wildman–Crippen MR) is 68.5 cm³/mol. The van der Waals surface area contributed by atoms with Gasteiger partial charge in [-0.25, -0.2) is 4.79 Å². The number of ketones is 1. The highest BCUT2D eigenvalue weighted by atomic mass is 32.1. The minimum absolute atomic E-state index is 0.0323. The smallest absolute Gasteiger partial charge is 0.326 e. The van der Waals surface area contributed by atoms with E-state index in [1.54, 1.807) is 0 Å². The van der Waals surface area contributed by atoms with Crippen molar-refractivity contribution in [2.75, 3.05) is 5.75 Å². The molecule has 9 heteroatoms. The van der Waals surface area contributed by atoms with Crippen LogP contribution in [0.5, 0.6) is 0 Å². The first-order valence-electron chi connectivity index (χ1n) is 5.68. The van der Waals surface area contributed by atoms with Crippen LogP contribution in [-0.2, 0) is 14.4 Å². The summed E-state index contributed by atoms with van der Waals surface area (Å²) in [7, 11) is 0. The second kappa shape index (κ2) is 6.50. The number of carbonyl (C=O) groups excluding carboxylic acids is 2. The highest BCUT2D eigenvalue weighted by Gasteiger charge is 2.44. The molecule has 0 radical (unpaired) electrons. The number of carbonyl (C=O) groups is 3. The quantitative estimate of drug-likeness (QED) is 0.348. The van der Waals surface area contributed by atoms with Crippen molar-refractivity contribution in [1.29, 1.82) is 0 Å². The van der Waals surface area contributed by atoms with Crippen LogP contribution in [0.2, 0.25) is 0 Å². The Hall–Kier alpha value is -1.64. The van der Waals surface area contributed by atoms with Gasteiger partial charge in [0.25, 0.3) is 0 Å². The number of likely N-dealkylation sites (tertiary alicyclic amines) is 1. The van der Waals surface area contributed by atoms with Crippen molar-refractivity contribution in [1.82, 2.24) is 10.3 Å². The van der Waals surface area contributed by atoms with Gasteiger partial charge in [-0.3, -0.25) is 15.0 Å². The molecule has 1 fully saturated rings. The zero-order valence-electron chi connectivity index (χ0n) is 10.3. The van der Waals surface area contributed by atoms with E-state index in [1.807, 2.05) is 0 Å². The molecule has 0 bridgehead atoms. The van der Waals surface area contributed by atoms with Gasteiger partial charge in [0.1, 0.15) is 12.1 Å². The Kier molecular flexibility index (Phi) is 5.28. The van der Waals surface area contributed by atoms with Crippen LogP contribution < -0.4 is 5.43 Å². The van der Waals surface area contributed by atoms with E-state index in [0.717, 1.165) is 4.90 Å². The molecule has 0 aliphatic carbocycles. The summed E-state index contributed by atoms with van der Waals surface area (Å²) in [6, 6.07) is -2.79. The number of hydrogen-bond donors (Lipinski definition) is 3. The molecule has 1 aliphatic heterocycles. The molecule has 106 valence electrons. The fourth-order valence-corrected chi connectivity index (χ4v) is 2.52. The van der Waals surface area contributed by atoms with Crippen LogP contribution >= 0.6 is 12.6 Å². The number of nitrogens with one attached hydrogen (secondary N) is 1. The minimum Gasteiger partial charge on any atom is -0.480 e. The maximum absolute atomic E-state index is 12.2. The molecule has 1 rings (SSSR count). The van der Waals surface area contributed by atoms with Gasteiger partial charge >= 0.3 is 5.97 Å². The van der Waals surface area contributed by atoms with Gasteiger partial charge in [-0.05, 0) is 12.8 Å². The Bertz CT molecular complexity index is 403. The van der Waals surface area contributed by atoms with E-state index in [-0.39, 0.29) is 18.6 Å².